The van der Waals surface area contributed by atoms with Crippen molar-refractivity contribution in [1.29, 1.82) is 0 Å². The number of rotatable bonds is 5. The molecule has 92 valence electrons. The van der Waals surface area contributed by atoms with Crippen LogP contribution in [0, 0.1) is 0 Å². The SMILES string of the molecule is CCNC(CCC(F)(F)F)c1cscc1Br. The van der Waals surface area contributed by atoms with Gasteiger partial charge in [0.2, 0.25) is 0 Å². The number of halogens is 4. The summed E-state index contributed by atoms with van der Waals surface area (Å²) in [7, 11) is 0. The molecule has 1 unspecified atom stereocenters. The van der Waals surface area contributed by atoms with Crippen LogP contribution >= 0.6 is 27.3 Å². The summed E-state index contributed by atoms with van der Waals surface area (Å²) in [6.07, 6.45) is -4.77. The summed E-state index contributed by atoms with van der Waals surface area (Å²) >= 11 is 4.83. The van der Waals surface area contributed by atoms with E-state index < -0.39 is 12.6 Å². The lowest BCUT2D eigenvalue weighted by atomic mass is 10.1. The quantitative estimate of drug-likeness (QED) is 0.843. The minimum absolute atomic E-state index is 0.0761. The highest BCUT2D eigenvalue weighted by atomic mass is 79.9. The van der Waals surface area contributed by atoms with Crippen molar-refractivity contribution in [3.8, 4) is 0 Å². The third-order valence-electron chi connectivity index (χ3n) is 2.18. The molecule has 0 aliphatic heterocycles. The summed E-state index contributed by atoms with van der Waals surface area (Å²) in [6.45, 7) is 2.55. The molecule has 1 nitrogen and oxygen atoms in total. The molecule has 0 spiro atoms. The van der Waals surface area contributed by atoms with Gasteiger partial charge in [0.05, 0.1) is 0 Å². The van der Waals surface area contributed by atoms with Crippen LogP contribution in [0.25, 0.3) is 0 Å². The van der Waals surface area contributed by atoms with Crippen LogP contribution in [0.3, 0.4) is 0 Å². The molecule has 0 bridgehead atoms. The van der Waals surface area contributed by atoms with Crippen molar-refractivity contribution in [3.63, 3.8) is 0 Å². The first kappa shape index (κ1) is 14.0. The third-order valence-corrected chi connectivity index (χ3v) is 3.94. The van der Waals surface area contributed by atoms with Gasteiger partial charge < -0.3 is 5.32 Å². The van der Waals surface area contributed by atoms with E-state index in [0.29, 0.717) is 6.54 Å². The minimum atomic E-state index is -4.09. The molecule has 0 aromatic carbocycles. The van der Waals surface area contributed by atoms with Gasteiger partial charge in [-0.15, -0.1) is 0 Å². The molecule has 1 rings (SSSR count). The van der Waals surface area contributed by atoms with Crippen LogP contribution in [0.4, 0.5) is 13.2 Å². The minimum Gasteiger partial charge on any atom is -0.310 e. The van der Waals surface area contributed by atoms with Crippen molar-refractivity contribution in [2.75, 3.05) is 6.54 Å². The number of hydrogen-bond acceptors (Lipinski definition) is 2. The summed E-state index contributed by atoms with van der Waals surface area (Å²) in [4.78, 5) is 0. The highest BCUT2D eigenvalue weighted by Gasteiger charge is 2.29. The number of alkyl halides is 3. The van der Waals surface area contributed by atoms with Crippen LogP contribution < -0.4 is 5.32 Å². The lowest BCUT2D eigenvalue weighted by Gasteiger charge is -2.18. The van der Waals surface area contributed by atoms with Gasteiger partial charge in [-0.25, -0.2) is 0 Å². The topological polar surface area (TPSA) is 12.0 Å². The Bertz CT molecular complexity index is 324. The second-order valence-corrected chi connectivity index (χ2v) is 5.04. The van der Waals surface area contributed by atoms with Crippen molar-refractivity contribution in [3.05, 3.63) is 20.8 Å². The summed E-state index contributed by atoms with van der Waals surface area (Å²) in [5.74, 6) is 0. The highest BCUT2D eigenvalue weighted by molar-refractivity contribution is 9.10. The van der Waals surface area contributed by atoms with E-state index in [1.54, 1.807) is 0 Å². The Morgan fingerprint density at radius 3 is 2.56 bits per heavy atom. The molecule has 1 atom stereocenters. The van der Waals surface area contributed by atoms with Crippen LogP contribution in [0.15, 0.2) is 15.2 Å². The summed E-state index contributed by atoms with van der Waals surface area (Å²) < 4.78 is 37.4. The molecule has 0 saturated carbocycles. The van der Waals surface area contributed by atoms with Crippen LogP contribution in [0.1, 0.15) is 31.4 Å². The number of thiophene rings is 1. The van der Waals surface area contributed by atoms with Gasteiger partial charge in [-0.1, -0.05) is 6.92 Å². The van der Waals surface area contributed by atoms with Gasteiger partial charge in [0.1, 0.15) is 0 Å². The van der Waals surface area contributed by atoms with Crippen LogP contribution in [-0.2, 0) is 0 Å². The smallest absolute Gasteiger partial charge is 0.310 e. The van der Waals surface area contributed by atoms with Crippen molar-refractivity contribution in [2.24, 2.45) is 0 Å². The van der Waals surface area contributed by atoms with Crippen molar-refractivity contribution < 1.29 is 13.2 Å². The third kappa shape index (κ3) is 4.43. The molecule has 0 saturated heterocycles. The van der Waals surface area contributed by atoms with E-state index >= 15 is 0 Å². The average Bonchev–Trinajstić information content (AvgIpc) is 2.57. The second kappa shape index (κ2) is 6.02. The standard InChI is InChI=1S/C10H13BrF3NS/c1-2-15-9(3-4-10(12,13)14)7-5-16-6-8(7)11/h5-6,9,15H,2-4H2,1H3. The molecule has 1 heterocycles. The Labute approximate surface area is 105 Å². The fourth-order valence-electron chi connectivity index (χ4n) is 1.46. The predicted molar refractivity (Wildman–Crippen MR) is 63.7 cm³/mol. The molecule has 0 amide bonds. The zero-order valence-corrected chi connectivity index (χ0v) is 11.2. The first-order valence-corrected chi connectivity index (χ1v) is 6.69. The fraction of sp³-hybridized carbons (Fsp3) is 0.600. The Kier molecular flexibility index (Phi) is 5.27. The first-order chi connectivity index (χ1) is 7.44. The number of nitrogens with one attached hydrogen (secondary N) is 1. The van der Waals surface area contributed by atoms with Gasteiger partial charge in [0, 0.05) is 22.3 Å². The first-order valence-electron chi connectivity index (χ1n) is 4.95. The van der Waals surface area contributed by atoms with Crippen LogP contribution in [0.5, 0.6) is 0 Å². The predicted octanol–water partition coefficient (Wildman–Crippen LogP) is 4.50. The summed E-state index contributed by atoms with van der Waals surface area (Å²) in [5, 5.41) is 6.84. The van der Waals surface area contributed by atoms with Gasteiger partial charge in [-0.05, 0) is 39.8 Å². The van der Waals surface area contributed by atoms with E-state index in [-0.39, 0.29) is 12.5 Å². The maximum atomic E-state index is 12.2. The van der Waals surface area contributed by atoms with Gasteiger partial charge in [0.25, 0.3) is 0 Å². The van der Waals surface area contributed by atoms with E-state index in [2.05, 4.69) is 21.2 Å². The monoisotopic (exact) mass is 315 g/mol. The van der Waals surface area contributed by atoms with E-state index in [1.165, 1.54) is 11.3 Å². The Morgan fingerprint density at radius 1 is 1.44 bits per heavy atom. The normalized spacial score (nSPS) is 14.1. The van der Waals surface area contributed by atoms with Crippen molar-refractivity contribution in [1.82, 2.24) is 5.32 Å². The maximum absolute atomic E-state index is 12.2. The van der Waals surface area contributed by atoms with Gasteiger partial charge >= 0.3 is 6.18 Å². The van der Waals surface area contributed by atoms with E-state index in [9.17, 15) is 13.2 Å². The van der Waals surface area contributed by atoms with Crippen molar-refractivity contribution >= 4 is 27.3 Å². The molecule has 1 aromatic rings. The van der Waals surface area contributed by atoms with Gasteiger partial charge in [0.15, 0.2) is 0 Å². The summed E-state index contributed by atoms with van der Waals surface area (Å²) in [5.41, 5.74) is 0.913. The molecular weight excluding hydrogens is 303 g/mol. The Morgan fingerprint density at radius 2 is 2.12 bits per heavy atom. The molecule has 1 N–H and O–H groups in total. The molecule has 0 aliphatic rings. The van der Waals surface area contributed by atoms with Gasteiger partial charge in [-0.3, -0.25) is 0 Å². The zero-order chi connectivity index (χ0) is 12.2. The number of hydrogen-bond donors (Lipinski definition) is 1. The van der Waals surface area contributed by atoms with E-state index in [0.717, 1.165) is 10.0 Å². The zero-order valence-electron chi connectivity index (χ0n) is 8.77. The maximum Gasteiger partial charge on any atom is 0.389 e. The molecule has 16 heavy (non-hydrogen) atoms. The largest absolute Gasteiger partial charge is 0.389 e. The second-order valence-electron chi connectivity index (χ2n) is 3.44. The van der Waals surface area contributed by atoms with Crippen molar-refractivity contribution in [2.45, 2.75) is 32.0 Å². The van der Waals surface area contributed by atoms with Crippen LogP contribution in [-0.4, -0.2) is 12.7 Å². The molecule has 0 fully saturated rings. The van der Waals surface area contributed by atoms with E-state index in [4.69, 9.17) is 0 Å². The Balaban J connectivity index is 2.65. The fourth-order valence-corrected chi connectivity index (χ4v) is 3.09. The molecule has 1 aromatic heterocycles. The Hall–Kier alpha value is -0.0700. The van der Waals surface area contributed by atoms with E-state index in [1.807, 2.05) is 17.7 Å². The molecule has 0 aliphatic carbocycles. The lowest BCUT2D eigenvalue weighted by Crippen LogP contribution is -2.23. The lowest BCUT2D eigenvalue weighted by molar-refractivity contribution is -0.136. The molecule has 0 radical (unpaired) electrons. The highest BCUT2D eigenvalue weighted by Crippen LogP contribution is 2.32. The molecule has 6 heteroatoms. The van der Waals surface area contributed by atoms with Gasteiger partial charge in [-0.2, -0.15) is 24.5 Å². The van der Waals surface area contributed by atoms with Crippen LogP contribution in [0.2, 0.25) is 0 Å². The summed E-state index contributed by atoms with van der Waals surface area (Å²) in [6, 6.07) is -0.229. The average molecular weight is 316 g/mol. The molecular formula is C10H13BrF3NS.